The first-order chi connectivity index (χ1) is 13.6. The van der Waals surface area contributed by atoms with Crippen LogP contribution in [0.25, 0.3) is 28.1 Å². The van der Waals surface area contributed by atoms with Crippen LogP contribution in [0.5, 0.6) is 0 Å². The highest BCUT2D eigenvalue weighted by molar-refractivity contribution is 6.15. The first-order valence-electron chi connectivity index (χ1n) is 8.52. The maximum atomic E-state index is 13.4. The van der Waals surface area contributed by atoms with Crippen LogP contribution in [0.3, 0.4) is 0 Å². The lowest BCUT2D eigenvalue weighted by atomic mass is 9.94. The van der Waals surface area contributed by atoms with Crippen LogP contribution in [0.1, 0.15) is 15.9 Å². The van der Waals surface area contributed by atoms with E-state index in [-0.39, 0.29) is 5.56 Å². The van der Waals surface area contributed by atoms with Crippen LogP contribution >= 0.6 is 0 Å². The minimum Gasteiger partial charge on any atom is -0.321 e. The summed E-state index contributed by atoms with van der Waals surface area (Å²) in [6.45, 7) is 0. The molecular weight excluding hydrogens is 357 g/mol. The monoisotopic (exact) mass is 371 g/mol. The van der Waals surface area contributed by atoms with Gasteiger partial charge in [-0.1, -0.05) is 30.3 Å². The predicted octanol–water partition coefficient (Wildman–Crippen LogP) is 4.02. The molecular formula is C22H14FN3O2. The molecule has 0 aliphatic carbocycles. The lowest BCUT2D eigenvalue weighted by Gasteiger charge is -2.11. The normalized spacial score (nSPS) is 11.2. The van der Waals surface area contributed by atoms with Gasteiger partial charge in [-0.3, -0.25) is 9.59 Å². The number of allylic oxidation sites excluding steroid dienone is 1. The standard InChI is InChI=1S/C22H14FN3O2/c23-16-8-6-15(7-9-16)20-17-3-1-2-4-18(17)26-22(28)21(20)19(27)10-5-14-11-24-13-25-12-14/h1-13H,(H,26,28)/b10-5+. The number of carbonyl (C=O) groups is 1. The van der Waals surface area contributed by atoms with Gasteiger partial charge in [-0.2, -0.15) is 0 Å². The number of rotatable bonds is 4. The summed E-state index contributed by atoms with van der Waals surface area (Å²) in [5, 5.41) is 0.702. The van der Waals surface area contributed by atoms with Gasteiger partial charge in [0.1, 0.15) is 12.1 Å². The Morgan fingerprint density at radius 3 is 2.46 bits per heavy atom. The summed E-state index contributed by atoms with van der Waals surface area (Å²) in [5.74, 6) is -0.857. The average molecular weight is 371 g/mol. The van der Waals surface area contributed by atoms with Gasteiger partial charge in [0.05, 0.1) is 5.56 Å². The highest BCUT2D eigenvalue weighted by Gasteiger charge is 2.19. The molecule has 0 aliphatic heterocycles. The second-order valence-electron chi connectivity index (χ2n) is 6.13. The van der Waals surface area contributed by atoms with Gasteiger partial charge in [-0.05, 0) is 35.9 Å². The molecule has 0 spiro atoms. The van der Waals surface area contributed by atoms with Crippen LogP contribution in [0.2, 0.25) is 0 Å². The van der Waals surface area contributed by atoms with Crippen molar-refractivity contribution < 1.29 is 9.18 Å². The number of fused-ring (bicyclic) bond motifs is 1. The molecule has 136 valence electrons. The summed E-state index contributed by atoms with van der Waals surface area (Å²) < 4.78 is 13.4. The molecule has 2 aromatic carbocycles. The second-order valence-corrected chi connectivity index (χ2v) is 6.13. The van der Waals surface area contributed by atoms with Gasteiger partial charge in [0.2, 0.25) is 0 Å². The molecule has 0 radical (unpaired) electrons. The Kier molecular flexibility index (Phi) is 4.60. The number of hydrogen-bond acceptors (Lipinski definition) is 4. The van der Waals surface area contributed by atoms with E-state index in [0.29, 0.717) is 27.6 Å². The topological polar surface area (TPSA) is 75.7 Å². The highest BCUT2D eigenvalue weighted by atomic mass is 19.1. The number of nitrogens with one attached hydrogen (secondary N) is 1. The average Bonchev–Trinajstić information content (AvgIpc) is 2.72. The Morgan fingerprint density at radius 2 is 1.71 bits per heavy atom. The van der Waals surface area contributed by atoms with E-state index < -0.39 is 17.2 Å². The Morgan fingerprint density at radius 1 is 1.00 bits per heavy atom. The molecule has 0 aliphatic rings. The number of aromatic nitrogens is 3. The Balaban J connectivity index is 1.92. The van der Waals surface area contributed by atoms with E-state index in [9.17, 15) is 14.0 Å². The fourth-order valence-electron chi connectivity index (χ4n) is 3.05. The van der Waals surface area contributed by atoms with Gasteiger partial charge in [0, 0.05) is 34.4 Å². The zero-order valence-electron chi connectivity index (χ0n) is 14.6. The maximum Gasteiger partial charge on any atom is 0.260 e. The van der Waals surface area contributed by atoms with Crippen molar-refractivity contribution in [2.45, 2.75) is 0 Å². The molecule has 1 N–H and O–H groups in total. The molecule has 2 aromatic heterocycles. The summed E-state index contributed by atoms with van der Waals surface area (Å²) in [5.41, 5.74) is 1.79. The number of benzene rings is 2. The van der Waals surface area contributed by atoms with Gasteiger partial charge >= 0.3 is 0 Å². The van der Waals surface area contributed by atoms with Crippen LogP contribution in [-0.4, -0.2) is 20.7 Å². The molecule has 0 saturated heterocycles. The van der Waals surface area contributed by atoms with E-state index >= 15 is 0 Å². The molecule has 6 heteroatoms. The number of ketones is 1. The van der Waals surface area contributed by atoms with E-state index in [0.717, 1.165) is 0 Å². The number of pyridine rings is 1. The molecule has 0 saturated carbocycles. The van der Waals surface area contributed by atoms with Crippen LogP contribution in [0.4, 0.5) is 4.39 Å². The number of halogens is 1. The van der Waals surface area contributed by atoms with Gasteiger partial charge in [0.15, 0.2) is 5.78 Å². The summed E-state index contributed by atoms with van der Waals surface area (Å²) in [7, 11) is 0. The van der Waals surface area contributed by atoms with Crippen molar-refractivity contribution in [2.24, 2.45) is 0 Å². The summed E-state index contributed by atoms with van der Waals surface area (Å²) in [4.78, 5) is 36.2. The number of hydrogen-bond donors (Lipinski definition) is 1. The van der Waals surface area contributed by atoms with Crippen molar-refractivity contribution >= 4 is 22.8 Å². The van der Waals surface area contributed by atoms with Crippen LogP contribution in [0.15, 0.2) is 78.1 Å². The van der Waals surface area contributed by atoms with Crippen molar-refractivity contribution in [3.8, 4) is 11.1 Å². The third-order valence-corrected chi connectivity index (χ3v) is 4.31. The molecule has 4 aromatic rings. The summed E-state index contributed by atoms with van der Waals surface area (Å²) in [6.07, 6.45) is 7.36. The lowest BCUT2D eigenvalue weighted by Crippen LogP contribution is -2.18. The molecule has 28 heavy (non-hydrogen) atoms. The largest absolute Gasteiger partial charge is 0.321 e. The minimum atomic E-state index is -0.503. The first kappa shape index (κ1) is 17.5. The van der Waals surface area contributed by atoms with Gasteiger partial charge in [-0.25, -0.2) is 14.4 Å². The summed E-state index contributed by atoms with van der Waals surface area (Å²) >= 11 is 0. The molecule has 5 nitrogen and oxygen atoms in total. The fraction of sp³-hybridized carbons (Fsp3) is 0. The van der Waals surface area contributed by atoms with Crippen LogP contribution < -0.4 is 5.56 Å². The van der Waals surface area contributed by atoms with Crippen molar-refractivity contribution in [2.75, 3.05) is 0 Å². The van der Waals surface area contributed by atoms with E-state index in [2.05, 4.69) is 15.0 Å². The Labute approximate surface area is 159 Å². The van der Waals surface area contributed by atoms with Crippen molar-refractivity contribution in [3.63, 3.8) is 0 Å². The zero-order chi connectivity index (χ0) is 19.5. The number of aromatic amines is 1. The number of H-pyrrole nitrogens is 1. The molecule has 2 heterocycles. The third-order valence-electron chi connectivity index (χ3n) is 4.31. The second kappa shape index (κ2) is 7.36. The van der Waals surface area contributed by atoms with Crippen molar-refractivity contribution in [1.82, 2.24) is 15.0 Å². The highest BCUT2D eigenvalue weighted by Crippen LogP contribution is 2.30. The molecule has 0 unspecified atom stereocenters. The fourth-order valence-corrected chi connectivity index (χ4v) is 3.05. The van der Waals surface area contributed by atoms with Gasteiger partial charge in [0.25, 0.3) is 5.56 Å². The lowest BCUT2D eigenvalue weighted by molar-refractivity contribution is 0.104. The van der Waals surface area contributed by atoms with E-state index in [1.54, 1.807) is 42.7 Å². The van der Waals surface area contributed by atoms with Crippen molar-refractivity contribution in [3.05, 3.63) is 101 Å². The Bertz CT molecular complexity index is 1250. The third kappa shape index (κ3) is 3.35. The molecule has 0 bridgehead atoms. The predicted molar refractivity (Wildman–Crippen MR) is 105 cm³/mol. The number of para-hydroxylation sites is 1. The van der Waals surface area contributed by atoms with Gasteiger partial charge in [-0.15, -0.1) is 0 Å². The number of nitrogens with zero attached hydrogens (tertiary/aromatic N) is 2. The maximum absolute atomic E-state index is 13.4. The van der Waals surface area contributed by atoms with E-state index in [1.165, 1.54) is 24.5 Å². The van der Waals surface area contributed by atoms with E-state index in [1.807, 2.05) is 12.1 Å². The molecule has 4 rings (SSSR count). The van der Waals surface area contributed by atoms with E-state index in [4.69, 9.17) is 0 Å². The molecule has 0 fully saturated rings. The minimum absolute atomic E-state index is 0.00147. The van der Waals surface area contributed by atoms with Crippen LogP contribution in [-0.2, 0) is 0 Å². The Hall–Kier alpha value is -3.93. The summed E-state index contributed by atoms with van der Waals surface area (Å²) in [6, 6.07) is 12.9. The molecule has 0 atom stereocenters. The van der Waals surface area contributed by atoms with Gasteiger partial charge < -0.3 is 4.98 Å². The first-order valence-corrected chi connectivity index (χ1v) is 8.52. The van der Waals surface area contributed by atoms with Crippen molar-refractivity contribution in [1.29, 1.82) is 0 Å². The number of carbonyl (C=O) groups excluding carboxylic acids is 1. The quantitative estimate of drug-likeness (QED) is 0.434. The smallest absolute Gasteiger partial charge is 0.260 e. The molecule has 0 amide bonds. The zero-order valence-corrected chi connectivity index (χ0v) is 14.6. The van der Waals surface area contributed by atoms with Crippen LogP contribution in [0, 0.1) is 5.82 Å². The SMILES string of the molecule is O=C(/C=C/c1cncnc1)c1c(-c2ccc(F)cc2)c2ccccc2[nH]c1=O.